The van der Waals surface area contributed by atoms with Crippen molar-refractivity contribution in [1.29, 1.82) is 0 Å². The molecule has 0 aromatic carbocycles. The van der Waals surface area contributed by atoms with E-state index < -0.39 is 0 Å². The van der Waals surface area contributed by atoms with E-state index in [0.29, 0.717) is 0 Å². The molecular weight excluding hydrogens is 222 g/mol. The highest BCUT2D eigenvalue weighted by Gasteiger charge is 2.10. The zero-order valence-electron chi connectivity index (χ0n) is 10.9. The van der Waals surface area contributed by atoms with Gasteiger partial charge in [-0.15, -0.1) is 0 Å². The topological polar surface area (TPSA) is 37.8 Å². The molecular formula is C15H19N3. The Balaban J connectivity index is 2.10. The fourth-order valence-corrected chi connectivity index (χ4v) is 1.96. The number of aromatic nitrogens is 2. The number of likely N-dealkylation sites (N-methyl/N-ethyl adjacent to an activating group) is 1. The second-order valence-electron chi connectivity index (χ2n) is 4.34. The molecule has 2 aromatic heterocycles. The molecule has 1 unspecified atom stereocenters. The van der Waals surface area contributed by atoms with E-state index in [1.54, 1.807) is 6.20 Å². The molecule has 0 aliphatic carbocycles. The second kappa shape index (κ2) is 6.26. The van der Waals surface area contributed by atoms with Gasteiger partial charge in [-0.2, -0.15) is 0 Å². The van der Waals surface area contributed by atoms with Crippen molar-refractivity contribution in [1.82, 2.24) is 15.3 Å². The first-order chi connectivity index (χ1) is 8.83. The molecule has 0 fully saturated rings. The highest BCUT2D eigenvalue weighted by Crippen LogP contribution is 2.16. The molecule has 3 heteroatoms. The van der Waals surface area contributed by atoms with Crippen LogP contribution in [0.25, 0.3) is 0 Å². The Hall–Kier alpha value is -1.74. The predicted molar refractivity (Wildman–Crippen MR) is 73.4 cm³/mol. The van der Waals surface area contributed by atoms with Gasteiger partial charge < -0.3 is 5.32 Å². The fraction of sp³-hybridized carbons (Fsp3) is 0.333. The summed E-state index contributed by atoms with van der Waals surface area (Å²) in [5, 5.41) is 3.32. The molecule has 2 heterocycles. The van der Waals surface area contributed by atoms with E-state index in [9.17, 15) is 0 Å². The Bertz CT molecular complexity index is 465. The van der Waals surface area contributed by atoms with Crippen LogP contribution in [0.3, 0.4) is 0 Å². The molecule has 0 aliphatic heterocycles. The summed E-state index contributed by atoms with van der Waals surface area (Å²) in [6.45, 7) is 2.14. The molecule has 0 aliphatic rings. The molecule has 3 nitrogen and oxygen atoms in total. The van der Waals surface area contributed by atoms with Gasteiger partial charge in [0.05, 0.1) is 0 Å². The SMILES string of the molecule is CCc1ccc(CC(NC)c2cccnc2)nc1. The number of nitrogens with zero attached hydrogens (tertiary/aromatic N) is 2. The Morgan fingerprint density at radius 1 is 1.22 bits per heavy atom. The van der Waals surface area contributed by atoms with E-state index in [-0.39, 0.29) is 6.04 Å². The van der Waals surface area contributed by atoms with Crippen molar-refractivity contribution >= 4 is 0 Å². The van der Waals surface area contributed by atoms with Crippen molar-refractivity contribution in [3.8, 4) is 0 Å². The monoisotopic (exact) mass is 241 g/mol. The molecule has 94 valence electrons. The summed E-state index contributed by atoms with van der Waals surface area (Å²) >= 11 is 0. The number of aryl methyl sites for hydroxylation is 1. The van der Waals surface area contributed by atoms with E-state index in [0.717, 1.165) is 18.5 Å². The van der Waals surface area contributed by atoms with Gasteiger partial charge in [0.2, 0.25) is 0 Å². The summed E-state index contributed by atoms with van der Waals surface area (Å²) < 4.78 is 0. The smallest absolute Gasteiger partial charge is 0.0422 e. The van der Waals surface area contributed by atoms with Crippen molar-refractivity contribution in [2.45, 2.75) is 25.8 Å². The van der Waals surface area contributed by atoms with Crippen LogP contribution in [0.4, 0.5) is 0 Å². The van der Waals surface area contributed by atoms with Crippen molar-refractivity contribution < 1.29 is 0 Å². The van der Waals surface area contributed by atoms with Gasteiger partial charge in [0.15, 0.2) is 0 Å². The van der Waals surface area contributed by atoms with Crippen LogP contribution in [0.1, 0.15) is 29.8 Å². The quantitative estimate of drug-likeness (QED) is 0.874. The third kappa shape index (κ3) is 3.14. The van der Waals surface area contributed by atoms with Gasteiger partial charge in [-0.3, -0.25) is 9.97 Å². The van der Waals surface area contributed by atoms with Crippen molar-refractivity contribution in [2.24, 2.45) is 0 Å². The first-order valence-electron chi connectivity index (χ1n) is 6.34. The summed E-state index contributed by atoms with van der Waals surface area (Å²) in [5.41, 5.74) is 3.58. The molecule has 1 N–H and O–H groups in total. The number of nitrogens with one attached hydrogen (secondary N) is 1. The van der Waals surface area contributed by atoms with Crippen molar-refractivity contribution in [2.75, 3.05) is 7.05 Å². The molecule has 2 rings (SSSR count). The van der Waals surface area contributed by atoms with E-state index >= 15 is 0 Å². The lowest BCUT2D eigenvalue weighted by atomic mass is 10.0. The summed E-state index contributed by atoms with van der Waals surface area (Å²) in [5.74, 6) is 0. The Morgan fingerprint density at radius 3 is 2.67 bits per heavy atom. The second-order valence-corrected chi connectivity index (χ2v) is 4.34. The largest absolute Gasteiger partial charge is 0.313 e. The van der Waals surface area contributed by atoms with Crippen LogP contribution in [0.2, 0.25) is 0 Å². The molecule has 0 saturated carbocycles. The molecule has 0 saturated heterocycles. The van der Waals surface area contributed by atoms with Crippen molar-refractivity contribution in [3.63, 3.8) is 0 Å². The van der Waals surface area contributed by atoms with Gasteiger partial charge in [0.25, 0.3) is 0 Å². The summed E-state index contributed by atoms with van der Waals surface area (Å²) in [6.07, 6.45) is 7.58. The molecule has 0 radical (unpaired) electrons. The van der Waals surface area contributed by atoms with Crippen LogP contribution >= 0.6 is 0 Å². The first-order valence-corrected chi connectivity index (χ1v) is 6.34. The van der Waals surface area contributed by atoms with Gasteiger partial charge >= 0.3 is 0 Å². The third-order valence-electron chi connectivity index (χ3n) is 3.14. The number of hydrogen-bond acceptors (Lipinski definition) is 3. The van der Waals surface area contributed by atoms with Crippen molar-refractivity contribution in [3.05, 3.63) is 59.7 Å². The maximum atomic E-state index is 4.50. The lowest BCUT2D eigenvalue weighted by molar-refractivity contribution is 0.582. The lowest BCUT2D eigenvalue weighted by Crippen LogP contribution is -2.19. The highest BCUT2D eigenvalue weighted by atomic mass is 14.9. The maximum Gasteiger partial charge on any atom is 0.0422 e. The average Bonchev–Trinajstić information content (AvgIpc) is 2.46. The predicted octanol–water partition coefficient (Wildman–Crippen LogP) is 2.54. The molecule has 0 amide bonds. The Kier molecular flexibility index (Phi) is 4.42. The molecule has 0 spiro atoms. The lowest BCUT2D eigenvalue weighted by Gasteiger charge is -2.15. The third-order valence-corrected chi connectivity index (χ3v) is 3.14. The molecule has 2 aromatic rings. The van der Waals surface area contributed by atoms with E-state index in [1.165, 1.54) is 11.1 Å². The van der Waals surface area contributed by atoms with Crippen LogP contribution in [0.15, 0.2) is 42.9 Å². The van der Waals surface area contributed by atoms with Gasteiger partial charge in [-0.25, -0.2) is 0 Å². The zero-order valence-corrected chi connectivity index (χ0v) is 10.9. The molecule has 18 heavy (non-hydrogen) atoms. The van der Waals surface area contributed by atoms with Gasteiger partial charge in [0, 0.05) is 36.7 Å². The Morgan fingerprint density at radius 2 is 2.11 bits per heavy atom. The van der Waals surface area contributed by atoms with Gasteiger partial charge in [0.1, 0.15) is 0 Å². The Labute approximate surface area is 108 Å². The van der Waals surface area contributed by atoms with Gasteiger partial charge in [-0.1, -0.05) is 19.1 Å². The standard InChI is InChI=1S/C15H19N3/c1-3-12-6-7-14(18-10-12)9-15(16-2)13-5-4-8-17-11-13/h4-8,10-11,15-16H,3,9H2,1-2H3. The summed E-state index contributed by atoms with van der Waals surface area (Å²) in [6, 6.07) is 8.58. The first kappa shape index (κ1) is 12.7. The van der Waals surface area contributed by atoms with E-state index in [1.807, 2.05) is 25.5 Å². The molecule has 0 bridgehead atoms. The molecule has 1 atom stereocenters. The minimum Gasteiger partial charge on any atom is -0.313 e. The summed E-state index contributed by atoms with van der Waals surface area (Å²) in [7, 11) is 1.97. The van der Waals surface area contributed by atoms with Crippen LogP contribution in [0, 0.1) is 0 Å². The van der Waals surface area contributed by atoms with Crippen LogP contribution in [-0.2, 0) is 12.8 Å². The van der Waals surface area contributed by atoms with E-state index in [2.05, 4.69) is 40.4 Å². The van der Waals surface area contributed by atoms with Crippen LogP contribution < -0.4 is 5.32 Å². The van der Waals surface area contributed by atoms with Crippen LogP contribution in [-0.4, -0.2) is 17.0 Å². The number of hydrogen-bond donors (Lipinski definition) is 1. The maximum absolute atomic E-state index is 4.50. The highest BCUT2D eigenvalue weighted by molar-refractivity contribution is 5.19. The minimum absolute atomic E-state index is 0.263. The zero-order chi connectivity index (χ0) is 12.8. The minimum atomic E-state index is 0.263. The van der Waals surface area contributed by atoms with Crippen LogP contribution in [0.5, 0.6) is 0 Å². The number of rotatable bonds is 5. The fourth-order valence-electron chi connectivity index (χ4n) is 1.96. The average molecular weight is 241 g/mol. The van der Waals surface area contributed by atoms with Gasteiger partial charge in [-0.05, 0) is 36.7 Å². The number of pyridine rings is 2. The normalized spacial score (nSPS) is 12.3. The van der Waals surface area contributed by atoms with E-state index in [4.69, 9.17) is 0 Å². The summed E-state index contributed by atoms with van der Waals surface area (Å²) in [4.78, 5) is 8.66.